The number of hydrogen-bond acceptors (Lipinski definition) is 0. The fraction of sp³-hybridized carbons (Fsp3) is 0.167. The summed E-state index contributed by atoms with van der Waals surface area (Å²) in [6.45, 7) is 3.93. The third-order valence-electron chi connectivity index (χ3n) is 2.98. The third-order valence-corrected chi connectivity index (χ3v) is 2.98. The van der Waals surface area contributed by atoms with Crippen LogP contribution in [0.1, 0.15) is 17.5 Å². The molecule has 18 heavy (non-hydrogen) atoms. The quantitative estimate of drug-likeness (QED) is 0.663. The van der Waals surface area contributed by atoms with Gasteiger partial charge in [-0.3, -0.25) is 0 Å². The highest BCUT2D eigenvalue weighted by molar-refractivity contribution is 5.27. The third kappa shape index (κ3) is 3.89. The van der Waals surface area contributed by atoms with Crippen LogP contribution in [0.4, 0.5) is 0 Å². The molecule has 0 N–H and O–H groups in total. The molecule has 0 saturated heterocycles. The first kappa shape index (κ1) is 12.6. The van der Waals surface area contributed by atoms with Gasteiger partial charge in [-0.25, -0.2) is 0 Å². The Hall–Kier alpha value is -1.82. The largest absolute Gasteiger partial charge is 0.0847 e. The lowest BCUT2D eigenvalue weighted by atomic mass is 9.97. The molecule has 0 spiro atoms. The van der Waals surface area contributed by atoms with Gasteiger partial charge in [0, 0.05) is 0 Å². The summed E-state index contributed by atoms with van der Waals surface area (Å²) in [5.41, 5.74) is 4.18. The van der Waals surface area contributed by atoms with E-state index in [4.69, 9.17) is 0 Å². The van der Waals surface area contributed by atoms with Crippen molar-refractivity contribution in [3.63, 3.8) is 0 Å². The van der Waals surface area contributed by atoms with Crippen molar-refractivity contribution in [1.29, 1.82) is 0 Å². The lowest BCUT2D eigenvalue weighted by Gasteiger charge is -2.08. The molecule has 2 rings (SSSR count). The van der Waals surface area contributed by atoms with E-state index in [1.165, 1.54) is 16.7 Å². The minimum Gasteiger partial charge on any atom is -0.0847 e. The predicted molar refractivity (Wildman–Crippen MR) is 78.3 cm³/mol. The van der Waals surface area contributed by atoms with Gasteiger partial charge in [0.15, 0.2) is 0 Å². The van der Waals surface area contributed by atoms with E-state index in [1.54, 1.807) is 0 Å². The van der Waals surface area contributed by atoms with Gasteiger partial charge in [0.1, 0.15) is 0 Å². The Bertz CT molecular complexity index is 436. The second kappa shape index (κ2) is 6.80. The van der Waals surface area contributed by atoms with Gasteiger partial charge in [0.25, 0.3) is 0 Å². The smallest absolute Gasteiger partial charge is 0.00638 e. The van der Waals surface area contributed by atoms with E-state index >= 15 is 0 Å². The van der Waals surface area contributed by atoms with Crippen LogP contribution in [0, 0.1) is 6.92 Å². The zero-order valence-corrected chi connectivity index (χ0v) is 10.7. The molecule has 2 aromatic carbocycles. The number of allylic oxidation sites excluding steroid dienone is 2. The first-order chi connectivity index (χ1) is 8.88. The molecule has 0 amide bonds. The second-order valence-electron chi connectivity index (χ2n) is 4.48. The van der Waals surface area contributed by atoms with Crippen LogP contribution in [-0.4, -0.2) is 0 Å². The van der Waals surface area contributed by atoms with Crippen LogP contribution in [0.5, 0.6) is 0 Å². The molecule has 0 saturated carbocycles. The lowest BCUT2D eigenvalue weighted by molar-refractivity contribution is 1.02. The molecule has 0 fully saturated rings. The molecule has 0 aliphatic carbocycles. The molecule has 0 atom stereocenters. The van der Waals surface area contributed by atoms with Crippen LogP contribution in [0.25, 0.3) is 0 Å². The van der Waals surface area contributed by atoms with Gasteiger partial charge in [-0.05, 0) is 37.3 Å². The molecule has 0 aliphatic heterocycles. The van der Waals surface area contributed by atoms with Crippen molar-refractivity contribution < 1.29 is 0 Å². The maximum absolute atomic E-state index is 3.93. The molecule has 1 radical (unpaired) electrons. The van der Waals surface area contributed by atoms with Crippen molar-refractivity contribution in [3.05, 3.63) is 90.4 Å². The molecular formula is C18H19. The molecule has 0 aliphatic rings. The second-order valence-corrected chi connectivity index (χ2v) is 4.48. The topological polar surface area (TPSA) is 0 Å². The molecule has 2 aromatic rings. The van der Waals surface area contributed by atoms with Crippen molar-refractivity contribution in [2.24, 2.45) is 0 Å². The van der Waals surface area contributed by atoms with Crippen LogP contribution < -0.4 is 0 Å². The average molecular weight is 235 g/mol. The summed E-state index contributed by atoms with van der Waals surface area (Å²) in [7, 11) is 0. The van der Waals surface area contributed by atoms with E-state index in [2.05, 4.69) is 73.7 Å². The normalized spacial score (nSPS) is 10.1. The molecule has 0 heterocycles. The fourth-order valence-electron chi connectivity index (χ4n) is 2.13. The summed E-state index contributed by atoms with van der Waals surface area (Å²) < 4.78 is 0. The van der Waals surface area contributed by atoms with E-state index in [-0.39, 0.29) is 0 Å². The van der Waals surface area contributed by atoms with Gasteiger partial charge >= 0.3 is 0 Å². The summed E-state index contributed by atoms with van der Waals surface area (Å²) >= 11 is 0. The molecule has 0 nitrogen and oxygen atoms in total. The van der Waals surface area contributed by atoms with Crippen LogP contribution in [0.3, 0.4) is 0 Å². The number of rotatable bonds is 5. The van der Waals surface area contributed by atoms with Crippen molar-refractivity contribution in [2.75, 3.05) is 0 Å². The molecule has 0 unspecified atom stereocenters. The van der Waals surface area contributed by atoms with E-state index in [9.17, 15) is 0 Å². The molecule has 0 bridgehead atoms. The van der Waals surface area contributed by atoms with Crippen molar-refractivity contribution in [3.8, 4) is 0 Å². The fourth-order valence-corrected chi connectivity index (χ4v) is 2.13. The Balaban J connectivity index is 2.08. The SMILES string of the molecule is [CH2]CC=C(Cc1ccccc1)Cc1ccccc1. The van der Waals surface area contributed by atoms with Crippen molar-refractivity contribution >= 4 is 0 Å². The Labute approximate surface area is 110 Å². The maximum atomic E-state index is 3.93. The number of benzene rings is 2. The van der Waals surface area contributed by atoms with Gasteiger partial charge in [0.05, 0.1) is 0 Å². The predicted octanol–water partition coefficient (Wildman–Crippen LogP) is 4.62. The minimum atomic E-state index is 0.856. The standard InChI is InChI=1S/C18H19/c1-2-9-18(14-16-10-5-3-6-11-16)15-17-12-7-4-8-13-17/h3-13H,1-2,14-15H2. The summed E-state index contributed by atoms with van der Waals surface area (Å²) in [6, 6.07) is 21.2. The summed E-state index contributed by atoms with van der Waals surface area (Å²) in [5, 5.41) is 0. The first-order valence-electron chi connectivity index (χ1n) is 6.43. The molecule has 91 valence electrons. The molecule has 0 aromatic heterocycles. The van der Waals surface area contributed by atoms with E-state index in [0.717, 1.165) is 19.3 Å². The molecule has 0 heteroatoms. The monoisotopic (exact) mass is 235 g/mol. The van der Waals surface area contributed by atoms with Crippen LogP contribution in [0.2, 0.25) is 0 Å². The average Bonchev–Trinajstić information content (AvgIpc) is 2.41. The first-order valence-corrected chi connectivity index (χ1v) is 6.43. The zero-order chi connectivity index (χ0) is 12.6. The van der Waals surface area contributed by atoms with Gasteiger partial charge in [0.2, 0.25) is 0 Å². The highest BCUT2D eigenvalue weighted by Gasteiger charge is 2.01. The van der Waals surface area contributed by atoms with Crippen molar-refractivity contribution in [2.45, 2.75) is 19.3 Å². The Kier molecular flexibility index (Phi) is 4.78. The molecular weight excluding hydrogens is 216 g/mol. The van der Waals surface area contributed by atoms with Crippen LogP contribution >= 0.6 is 0 Å². The van der Waals surface area contributed by atoms with Gasteiger partial charge in [-0.1, -0.05) is 72.3 Å². The maximum Gasteiger partial charge on any atom is -0.00638 e. The highest BCUT2D eigenvalue weighted by Crippen LogP contribution is 2.14. The zero-order valence-electron chi connectivity index (χ0n) is 10.7. The van der Waals surface area contributed by atoms with Gasteiger partial charge < -0.3 is 0 Å². The van der Waals surface area contributed by atoms with Crippen LogP contribution in [-0.2, 0) is 12.8 Å². The highest BCUT2D eigenvalue weighted by atomic mass is 14.1. The van der Waals surface area contributed by atoms with Crippen molar-refractivity contribution in [1.82, 2.24) is 0 Å². The lowest BCUT2D eigenvalue weighted by Crippen LogP contribution is -1.95. The summed E-state index contributed by atoms with van der Waals surface area (Å²) in [5.74, 6) is 0. The van der Waals surface area contributed by atoms with E-state index < -0.39 is 0 Å². The van der Waals surface area contributed by atoms with E-state index in [0.29, 0.717) is 0 Å². The van der Waals surface area contributed by atoms with Gasteiger partial charge in [-0.2, -0.15) is 0 Å². The minimum absolute atomic E-state index is 0.856. The Morgan fingerprint density at radius 2 is 1.22 bits per heavy atom. The summed E-state index contributed by atoms with van der Waals surface area (Å²) in [6.07, 6.45) is 5.14. The Morgan fingerprint density at radius 3 is 1.61 bits per heavy atom. The summed E-state index contributed by atoms with van der Waals surface area (Å²) in [4.78, 5) is 0. The van der Waals surface area contributed by atoms with Crippen LogP contribution in [0.15, 0.2) is 72.3 Å². The Morgan fingerprint density at radius 1 is 0.778 bits per heavy atom. The number of hydrogen-bond donors (Lipinski definition) is 0. The van der Waals surface area contributed by atoms with Gasteiger partial charge in [-0.15, -0.1) is 0 Å². The van der Waals surface area contributed by atoms with E-state index in [1.807, 2.05) is 0 Å².